The van der Waals surface area contributed by atoms with Crippen molar-refractivity contribution in [3.8, 4) is 0 Å². The molecule has 1 aliphatic rings. The molecule has 0 atom stereocenters. The lowest BCUT2D eigenvalue weighted by Gasteiger charge is -2.17. The molecule has 110 valence electrons. The van der Waals surface area contributed by atoms with Crippen molar-refractivity contribution in [2.75, 3.05) is 25.4 Å². The number of nitrogens with zero attached hydrogens (tertiary/aromatic N) is 2. The van der Waals surface area contributed by atoms with Gasteiger partial charge in [0.05, 0.1) is 5.69 Å². The average Bonchev–Trinajstić information content (AvgIpc) is 2.73. The molecule has 1 aromatic carbocycles. The number of hydrogen-bond donors (Lipinski definition) is 1. The van der Waals surface area contributed by atoms with Gasteiger partial charge in [-0.05, 0) is 12.5 Å². The molecule has 3 nitrogen and oxygen atoms in total. The summed E-state index contributed by atoms with van der Waals surface area (Å²) in [4.78, 5) is 8.06. The first-order chi connectivity index (χ1) is 10.2. The Kier molecular flexibility index (Phi) is 4.31. The Morgan fingerprint density at radius 1 is 1.29 bits per heavy atom. The molecule has 21 heavy (non-hydrogen) atoms. The molecular weight excluding hydrogens is 285 g/mol. The van der Waals surface area contributed by atoms with Crippen LogP contribution in [-0.4, -0.2) is 29.5 Å². The smallest absolute Gasteiger partial charge is 0.180 e. The molecule has 3 rings (SSSR count). The Hall–Kier alpha value is -1.72. The van der Waals surface area contributed by atoms with Crippen molar-refractivity contribution in [3.63, 3.8) is 0 Å². The fourth-order valence-corrected chi connectivity index (χ4v) is 3.42. The number of anilines is 1. The second-order valence-electron chi connectivity index (χ2n) is 5.15. The van der Waals surface area contributed by atoms with Gasteiger partial charge in [-0.15, -0.1) is 11.3 Å². The molecule has 0 amide bonds. The third-order valence-corrected chi connectivity index (χ3v) is 4.67. The lowest BCUT2D eigenvalue weighted by atomic mass is 10.2. The van der Waals surface area contributed by atoms with Crippen LogP contribution in [0, 0.1) is 5.82 Å². The number of fused-ring (bicyclic) bond motifs is 1. The van der Waals surface area contributed by atoms with Gasteiger partial charge < -0.3 is 5.73 Å². The highest BCUT2D eigenvalue weighted by molar-refractivity contribution is 7.15. The molecule has 1 aliphatic heterocycles. The van der Waals surface area contributed by atoms with Crippen LogP contribution in [0.15, 0.2) is 30.3 Å². The summed E-state index contributed by atoms with van der Waals surface area (Å²) in [7, 11) is 0. The summed E-state index contributed by atoms with van der Waals surface area (Å²) in [5, 5.41) is 0.674. The van der Waals surface area contributed by atoms with Crippen LogP contribution < -0.4 is 5.73 Å². The zero-order valence-electron chi connectivity index (χ0n) is 11.8. The topological polar surface area (TPSA) is 42.1 Å². The minimum absolute atomic E-state index is 0.175. The van der Waals surface area contributed by atoms with Crippen molar-refractivity contribution in [2.24, 2.45) is 0 Å². The highest BCUT2D eigenvalue weighted by atomic mass is 32.1. The number of nitrogen functional groups attached to an aromatic ring is 1. The molecule has 0 radical (unpaired) electrons. The van der Waals surface area contributed by atoms with E-state index in [1.807, 2.05) is 18.2 Å². The maximum atomic E-state index is 13.5. The van der Waals surface area contributed by atoms with Crippen molar-refractivity contribution < 1.29 is 4.39 Å². The van der Waals surface area contributed by atoms with E-state index in [9.17, 15) is 4.39 Å². The minimum atomic E-state index is -0.175. The number of rotatable bonds is 3. The molecule has 2 N–H and O–H groups in total. The van der Waals surface area contributed by atoms with Crippen LogP contribution in [0.25, 0.3) is 6.08 Å². The van der Waals surface area contributed by atoms with Crippen molar-refractivity contribution in [1.29, 1.82) is 0 Å². The second kappa shape index (κ2) is 6.37. The lowest BCUT2D eigenvalue weighted by Crippen LogP contribution is -2.26. The maximum absolute atomic E-state index is 13.5. The first kappa shape index (κ1) is 14.2. The van der Waals surface area contributed by atoms with Crippen LogP contribution in [0.3, 0.4) is 0 Å². The summed E-state index contributed by atoms with van der Waals surface area (Å²) < 4.78 is 13.5. The Balaban J connectivity index is 1.58. The quantitative estimate of drug-likeness (QED) is 0.948. The predicted molar refractivity (Wildman–Crippen MR) is 85.8 cm³/mol. The second-order valence-corrected chi connectivity index (χ2v) is 6.26. The van der Waals surface area contributed by atoms with Crippen molar-refractivity contribution >= 4 is 22.5 Å². The minimum Gasteiger partial charge on any atom is -0.375 e. The molecule has 2 aromatic rings. The third kappa shape index (κ3) is 3.49. The van der Waals surface area contributed by atoms with Gasteiger partial charge in [0.2, 0.25) is 0 Å². The van der Waals surface area contributed by atoms with Crippen LogP contribution in [0.1, 0.15) is 16.1 Å². The van der Waals surface area contributed by atoms with Gasteiger partial charge in [0, 0.05) is 36.5 Å². The Bertz CT molecular complexity index is 625. The number of nitrogens with two attached hydrogens (primary N) is 1. The largest absolute Gasteiger partial charge is 0.375 e. The molecule has 0 aliphatic carbocycles. The summed E-state index contributed by atoms with van der Waals surface area (Å²) in [6.07, 6.45) is 5.82. The van der Waals surface area contributed by atoms with E-state index in [1.165, 1.54) is 10.9 Å². The Morgan fingerprint density at radius 3 is 2.95 bits per heavy atom. The van der Waals surface area contributed by atoms with Crippen LogP contribution in [-0.2, 0) is 12.8 Å². The van der Waals surface area contributed by atoms with E-state index >= 15 is 0 Å². The first-order valence-electron chi connectivity index (χ1n) is 7.10. The molecule has 0 bridgehead atoms. The Labute approximate surface area is 127 Å². The molecular formula is C16H18FN3S. The van der Waals surface area contributed by atoms with E-state index in [0.29, 0.717) is 10.7 Å². The highest BCUT2D eigenvalue weighted by Crippen LogP contribution is 2.24. The number of halogens is 1. The van der Waals surface area contributed by atoms with E-state index < -0.39 is 0 Å². The van der Waals surface area contributed by atoms with Crippen molar-refractivity contribution in [2.45, 2.75) is 12.8 Å². The average molecular weight is 303 g/mol. The van der Waals surface area contributed by atoms with E-state index in [1.54, 1.807) is 23.5 Å². The van der Waals surface area contributed by atoms with Crippen LogP contribution >= 0.6 is 11.3 Å². The molecule has 0 unspecified atom stereocenters. The number of hydrogen-bond acceptors (Lipinski definition) is 4. The van der Waals surface area contributed by atoms with Gasteiger partial charge in [0.15, 0.2) is 5.13 Å². The molecule has 1 aromatic heterocycles. The first-order valence-corrected chi connectivity index (χ1v) is 7.91. The zero-order chi connectivity index (χ0) is 14.7. The fraction of sp³-hybridized carbons (Fsp3) is 0.312. The van der Waals surface area contributed by atoms with Crippen LogP contribution in [0.4, 0.5) is 9.52 Å². The lowest BCUT2D eigenvalue weighted by molar-refractivity contribution is 0.318. The molecule has 0 saturated heterocycles. The summed E-state index contributed by atoms with van der Waals surface area (Å²) in [5.41, 5.74) is 7.54. The number of benzene rings is 1. The van der Waals surface area contributed by atoms with Gasteiger partial charge in [-0.2, -0.15) is 0 Å². The van der Waals surface area contributed by atoms with Crippen LogP contribution in [0.5, 0.6) is 0 Å². The predicted octanol–water partition coefficient (Wildman–Crippen LogP) is 2.98. The summed E-state index contributed by atoms with van der Waals surface area (Å²) in [6.45, 7) is 2.80. The number of aromatic nitrogens is 1. The van der Waals surface area contributed by atoms with Gasteiger partial charge in [0.25, 0.3) is 0 Å². The van der Waals surface area contributed by atoms with Crippen molar-refractivity contribution in [1.82, 2.24) is 9.88 Å². The standard InChI is InChI=1S/C16H18FN3S/c17-13-6-2-1-4-12(13)5-3-9-20-10-7-14-15(8-11-20)21-16(18)19-14/h1-6H,7-11H2,(H2,18,19). The summed E-state index contributed by atoms with van der Waals surface area (Å²) in [6, 6.07) is 6.83. The fourth-order valence-electron chi connectivity index (χ4n) is 2.55. The van der Waals surface area contributed by atoms with Gasteiger partial charge in [-0.25, -0.2) is 9.37 Å². The molecule has 0 saturated carbocycles. The van der Waals surface area contributed by atoms with E-state index in [4.69, 9.17) is 5.73 Å². The summed E-state index contributed by atoms with van der Waals surface area (Å²) >= 11 is 1.60. The van der Waals surface area contributed by atoms with Gasteiger partial charge >= 0.3 is 0 Å². The van der Waals surface area contributed by atoms with E-state index in [-0.39, 0.29) is 5.82 Å². The Morgan fingerprint density at radius 2 is 2.10 bits per heavy atom. The highest BCUT2D eigenvalue weighted by Gasteiger charge is 2.16. The zero-order valence-corrected chi connectivity index (χ0v) is 12.6. The molecule has 2 heterocycles. The summed E-state index contributed by atoms with van der Waals surface area (Å²) in [5.74, 6) is -0.175. The SMILES string of the molecule is Nc1nc2c(s1)CCN(CC=Cc1ccccc1F)CC2. The molecule has 0 fully saturated rings. The van der Waals surface area contributed by atoms with E-state index in [0.717, 1.165) is 38.2 Å². The van der Waals surface area contributed by atoms with Crippen molar-refractivity contribution in [3.05, 3.63) is 52.3 Å². The van der Waals surface area contributed by atoms with Gasteiger partial charge in [-0.1, -0.05) is 30.4 Å². The molecule has 5 heteroatoms. The van der Waals surface area contributed by atoms with Crippen LogP contribution in [0.2, 0.25) is 0 Å². The van der Waals surface area contributed by atoms with Gasteiger partial charge in [0.1, 0.15) is 5.82 Å². The third-order valence-electron chi connectivity index (χ3n) is 3.68. The molecule has 0 spiro atoms. The maximum Gasteiger partial charge on any atom is 0.180 e. The van der Waals surface area contributed by atoms with E-state index in [2.05, 4.69) is 9.88 Å². The number of thiazole rings is 1. The monoisotopic (exact) mass is 303 g/mol. The normalized spacial score (nSPS) is 16.0. The van der Waals surface area contributed by atoms with Gasteiger partial charge in [-0.3, -0.25) is 4.90 Å².